The lowest BCUT2D eigenvalue weighted by molar-refractivity contribution is -0.200. The first-order chi connectivity index (χ1) is 15.6. The average molecular weight is 473 g/mol. The molecule has 4 amide bonds. The van der Waals surface area contributed by atoms with Crippen molar-refractivity contribution in [2.24, 2.45) is 0 Å². The van der Waals surface area contributed by atoms with Crippen molar-refractivity contribution < 1.29 is 41.8 Å². The van der Waals surface area contributed by atoms with Crippen LogP contribution in [0.4, 0.5) is 18.0 Å². The molecular weight excluding hydrogens is 447 g/mol. The summed E-state index contributed by atoms with van der Waals surface area (Å²) >= 11 is 0. The number of nitrogens with zero attached hydrogens (tertiary/aromatic N) is 1. The number of carbonyl (C=O) groups is 3. The van der Waals surface area contributed by atoms with Crippen LogP contribution in [0.2, 0.25) is 0 Å². The largest absolute Gasteiger partial charge is 0.493 e. The Hall–Kier alpha value is -3.18. The number of nitrogens with one attached hydrogen (secondary N) is 2. The van der Waals surface area contributed by atoms with Gasteiger partial charge in [0.1, 0.15) is 0 Å². The zero-order valence-electron chi connectivity index (χ0n) is 18.5. The summed E-state index contributed by atoms with van der Waals surface area (Å²) in [6, 6.07) is 0.619. The van der Waals surface area contributed by atoms with Crippen LogP contribution < -0.4 is 24.8 Å². The quantitative estimate of drug-likeness (QED) is 0.486. The van der Waals surface area contributed by atoms with E-state index < -0.39 is 35.7 Å². The zero-order valence-corrected chi connectivity index (χ0v) is 18.5. The van der Waals surface area contributed by atoms with Crippen molar-refractivity contribution in [2.45, 2.75) is 56.4 Å². The van der Waals surface area contributed by atoms with Gasteiger partial charge in [0.05, 0.1) is 26.9 Å². The smallest absolute Gasteiger partial charge is 0.440 e. The molecule has 182 valence electrons. The number of ether oxygens (including phenoxy) is 3. The first kappa shape index (κ1) is 24.5. The highest BCUT2D eigenvalue weighted by molar-refractivity contribution is 6.11. The third-order valence-corrected chi connectivity index (χ3v) is 5.92. The van der Waals surface area contributed by atoms with Crippen molar-refractivity contribution in [1.29, 1.82) is 0 Å². The molecule has 1 atom stereocenters. The third-order valence-electron chi connectivity index (χ3n) is 5.92. The molecule has 3 rings (SSSR count). The number of urea groups is 1. The van der Waals surface area contributed by atoms with Crippen LogP contribution in [0.3, 0.4) is 0 Å². The van der Waals surface area contributed by atoms with E-state index in [2.05, 4.69) is 0 Å². The molecule has 0 bridgehead atoms. The highest BCUT2D eigenvalue weighted by Gasteiger charge is 2.69. The Kier molecular flexibility index (Phi) is 6.94. The average Bonchev–Trinajstić information content (AvgIpc) is 2.94. The number of hydrogen-bond donors (Lipinski definition) is 2. The predicted molar refractivity (Wildman–Crippen MR) is 109 cm³/mol. The fourth-order valence-electron chi connectivity index (χ4n) is 4.26. The van der Waals surface area contributed by atoms with E-state index in [1.165, 1.54) is 33.5 Å². The molecule has 0 spiro atoms. The number of imide groups is 1. The first-order valence-corrected chi connectivity index (χ1v) is 10.4. The van der Waals surface area contributed by atoms with E-state index in [1.807, 2.05) is 0 Å². The highest BCUT2D eigenvalue weighted by atomic mass is 19.4. The van der Waals surface area contributed by atoms with Gasteiger partial charge in [0.15, 0.2) is 11.5 Å². The maximum Gasteiger partial charge on any atom is 0.440 e. The van der Waals surface area contributed by atoms with Crippen LogP contribution in [-0.4, -0.2) is 62.0 Å². The number of amides is 4. The number of alkyl halides is 3. The molecule has 2 fully saturated rings. The minimum Gasteiger partial charge on any atom is -0.493 e. The van der Waals surface area contributed by atoms with Crippen LogP contribution in [-0.2, 0) is 4.79 Å². The van der Waals surface area contributed by atoms with Crippen LogP contribution in [0.25, 0.3) is 0 Å². The normalized spacial score (nSPS) is 21.9. The Morgan fingerprint density at radius 3 is 2.15 bits per heavy atom. The molecule has 9 nitrogen and oxygen atoms in total. The lowest BCUT2D eigenvalue weighted by atomic mass is 10.0. The fraction of sp³-hybridized carbons (Fsp3) is 0.571. The summed E-state index contributed by atoms with van der Waals surface area (Å²) in [5, 5.41) is 3.41. The summed E-state index contributed by atoms with van der Waals surface area (Å²) in [4.78, 5) is 39.2. The van der Waals surface area contributed by atoms with Crippen LogP contribution in [0, 0.1) is 0 Å². The van der Waals surface area contributed by atoms with Crippen molar-refractivity contribution in [3.8, 4) is 17.2 Å². The van der Waals surface area contributed by atoms with Gasteiger partial charge >= 0.3 is 12.2 Å². The van der Waals surface area contributed by atoms with Crippen LogP contribution in [0.15, 0.2) is 12.1 Å². The number of halogens is 3. The Labute approximate surface area is 188 Å². The minimum absolute atomic E-state index is 0.0180. The molecule has 33 heavy (non-hydrogen) atoms. The second kappa shape index (κ2) is 9.36. The van der Waals surface area contributed by atoms with Gasteiger partial charge < -0.3 is 19.5 Å². The maximum absolute atomic E-state index is 14.2. The number of methoxy groups -OCH3 is 3. The molecule has 0 radical (unpaired) electrons. The van der Waals surface area contributed by atoms with Crippen molar-refractivity contribution in [2.75, 3.05) is 21.3 Å². The minimum atomic E-state index is -5.31. The Morgan fingerprint density at radius 2 is 1.64 bits per heavy atom. The van der Waals surface area contributed by atoms with E-state index in [0.717, 1.165) is 12.8 Å². The van der Waals surface area contributed by atoms with Crippen molar-refractivity contribution in [3.05, 3.63) is 17.7 Å². The van der Waals surface area contributed by atoms with Gasteiger partial charge in [-0.3, -0.25) is 19.8 Å². The van der Waals surface area contributed by atoms with E-state index in [0.29, 0.717) is 30.6 Å². The van der Waals surface area contributed by atoms with Gasteiger partial charge in [-0.1, -0.05) is 25.7 Å². The first-order valence-electron chi connectivity index (χ1n) is 10.4. The van der Waals surface area contributed by atoms with E-state index in [4.69, 9.17) is 14.2 Å². The summed E-state index contributed by atoms with van der Waals surface area (Å²) in [6.07, 6.45) is -1.36. The van der Waals surface area contributed by atoms with E-state index >= 15 is 0 Å². The molecular formula is C21H26F3N3O6. The Bertz CT molecular complexity index is 931. The number of carbonyl (C=O) groups excluding carboxylic acids is 3. The molecule has 1 aliphatic carbocycles. The molecule has 12 heteroatoms. The van der Waals surface area contributed by atoms with Gasteiger partial charge in [-0.05, 0) is 25.0 Å². The molecule has 1 saturated heterocycles. The molecule has 2 N–H and O–H groups in total. The summed E-state index contributed by atoms with van der Waals surface area (Å²) in [5.74, 6) is -2.87. The van der Waals surface area contributed by atoms with Crippen molar-refractivity contribution in [1.82, 2.24) is 15.5 Å². The molecule has 1 saturated carbocycles. The van der Waals surface area contributed by atoms with Gasteiger partial charge in [0.2, 0.25) is 5.75 Å². The second-order valence-corrected chi connectivity index (χ2v) is 7.83. The van der Waals surface area contributed by atoms with E-state index in [9.17, 15) is 27.6 Å². The fourth-order valence-corrected chi connectivity index (χ4v) is 4.26. The zero-order chi connectivity index (χ0) is 24.4. The molecule has 2 aliphatic rings. The molecule has 1 aromatic carbocycles. The summed E-state index contributed by atoms with van der Waals surface area (Å²) < 4.78 is 58.1. The lowest BCUT2D eigenvalue weighted by Crippen LogP contribution is -2.69. The maximum atomic E-state index is 14.2. The highest BCUT2D eigenvalue weighted by Crippen LogP contribution is 2.41. The number of hydrogen-bond acceptors (Lipinski definition) is 6. The molecule has 0 aromatic heterocycles. The topological polar surface area (TPSA) is 106 Å². The van der Waals surface area contributed by atoms with Gasteiger partial charge in [0, 0.05) is 6.04 Å². The van der Waals surface area contributed by atoms with Crippen molar-refractivity contribution in [3.63, 3.8) is 0 Å². The SMILES string of the molecule is COc1ccc(C(=O)NC2(C(F)(F)F)NC(=O)N(C3CCCCCC3)C2=O)c(OC)c1OC. The summed E-state index contributed by atoms with van der Waals surface area (Å²) in [5.41, 5.74) is -3.94. The molecule has 1 aliphatic heterocycles. The van der Waals surface area contributed by atoms with Gasteiger partial charge in [-0.25, -0.2) is 4.79 Å². The van der Waals surface area contributed by atoms with Crippen LogP contribution in [0.5, 0.6) is 17.2 Å². The monoisotopic (exact) mass is 473 g/mol. The van der Waals surface area contributed by atoms with Gasteiger partial charge in [0.25, 0.3) is 17.5 Å². The third kappa shape index (κ3) is 4.25. The molecule has 1 aromatic rings. The number of rotatable bonds is 6. The standard InChI is InChI=1S/C21H26F3N3O6/c1-31-14-11-10-13(15(32-2)16(14)33-3)17(28)25-20(21(22,23)24)18(29)27(19(30)26-20)12-8-6-4-5-7-9-12/h10-12H,4-9H2,1-3H3,(H,25,28)(H,26,30). The van der Waals surface area contributed by atoms with Crippen LogP contribution in [0.1, 0.15) is 48.9 Å². The molecule has 1 heterocycles. The number of benzene rings is 1. The van der Waals surface area contributed by atoms with Gasteiger partial charge in [-0.2, -0.15) is 13.2 Å². The van der Waals surface area contributed by atoms with E-state index in [1.54, 1.807) is 10.6 Å². The predicted octanol–water partition coefficient (Wildman–Crippen LogP) is 2.98. The van der Waals surface area contributed by atoms with E-state index in [-0.39, 0.29) is 22.8 Å². The summed E-state index contributed by atoms with van der Waals surface area (Å²) in [6.45, 7) is 0. The lowest BCUT2D eigenvalue weighted by Gasteiger charge is -2.31. The van der Waals surface area contributed by atoms with Crippen molar-refractivity contribution >= 4 is 17.8 Å². The van der Waals surface area contributed by atoms with Gasteiger partial charge in [-0.15, -0.1) is 0 Å². The summed E-state index contributed by atoms with van der Waals surface area (Å²) in [7, 11) is 3.80. The Morgan fingerprint density at radius 1 is 1.03 bits per heavy atom. The Balaban J connectivity index is 1.99. The molecule has 1 unspecified atom stereocenters. The second-order valence-electron chi connectivity index (χ2n) is 7.83. The van der Waals surface area contributed by atoms with Crippen LogP contribution >= 0.6 is 0 Å².